The number of ether oxygens (including phenoxy) is 1. The van der Waals surface area contributed by atoms with Crippen LogP contribution in [0.3, 0.4) is 0 Å². The lowest BCUT2D eigenvalue weighted by molar-refractivity contribution is -0.873. The molecule has 18 heavy (non-hydrogen) atoms. The maximum absolute atomic E-state index is 11.5. The zero-order valence-electron chi connectivity index (χ0n) is 11.5. The third-order valence-electron chi connectivity index (χ3n) is 2.32. The van der Waals surface area contributed by atoms with E-state index in [1.807, 2.05) is 21.1 Å². The zero-order chi connectivity index (χ0) is 14.3. The SMILES string of the molecule is CCC(O)CC(=O)OC(CC(=O)[O-])C[N+](C)(C)C. The highest BCUT2D eigenvalue weighted by atomic mass is 16.5. The van der Waals surface area contributed by atoms with Gasteiger partial charge in [0.15, 0.2) is 6.10 Å². The van der Waals surface area contributed by atoms with Crippen LogP contribution in [0.5, 0.6) is 0 Å². The van der Waals surface area contributed by atoms with Crippen molar-refractivity contribution in [3.63, 3.8) is 0 Å². The summed E-state index contributed by atoms with van der Waals surface area (Å²) >= 11 is 0. The molecular weight excluding hydrogens is 238 g/mol. The quantitative estimate of drug-likeness (QED) is 0.443. The van der Waals surface area contributed by atoms with Crippen molar-refractivity contribution >= 4 is 11.9 Å². The van der Waals surface area contributed by atoms with Gasteiger partial charge in [0, 0.05) is 12.4 Å². The Morgan fingerprint density at radius 2 is 1.83 bits per heavy atom. The molecule has 6 heteroatoms. The van der Waals surface area contributed by atoms with Gasteiger partial charge in [-0.05, 0) is 6.42 Å². The van der Waals surface area contributed by atoms with Gasteiger partial charge in [0.05, 0.1) is 33.7 Å². The van der Waals surface area contributed by atoms with Gasteiger partial charge >= 0.3 is 5.97 Å². The standard InChI is InChI=1S/C12H23NO5/c1-5-9(14)6-12(17)18-10(7-11(15)16)8-13(2,3)4/h9-10,14H,5-8H2,1-4H3. The fourth-order valence-corrected chi connectivity index (χ4v) is 1.51. The second-order valence-electron chi connectivity index (χ2n) is 5.43. The first-order valence-electron chi connectivity index (χ1n) is 6.02. The summed E-state index contributed by atoms with van der Waals surface area (Å²) in [6.07, 6.45) is -1.47. The van der Waals surface area contributed by atoms with E-state index >= 15 is 0 Å². The molecule has 0 aliphatic rings. The highest BCUT2D eigenvalue weighted by molar-refractivity contribution is 5.71. The predicted octanol–water partition coefficient (Wildman–Crippen LogP) is -1.09. The van der Waals surface area contributed by atoms with Gasteiger partial charge in [-0.2, -0.15) is 0 Å². The van der Waals surface area contributed by atoms with E-state index in [1.54, 1.807) is 6.92 Å². The number of aliphatic carboxylic acids is 1. The summed E-state index contributed by atoms with van der Waals surface area (Å²) in [5.74, 6) is -1.83. The Bertz CT molecular complexity index is 285. The Morgan fingerprint density at radius 3 is 2.22 bits per heavy atom. The highest BCUT2D eigenvalue weighted by Crippen LogP contribution is 2.07. The van der Waals surface area contributed by atoms with Crippen LogP contribution >= 0.6 is 0 Å². The van der Waals surface area contributed by atoms with Gasteiger partial charge in [-0.25, -0.2) is 0 Å². The number of esters is 1. The van der Waals surface area contributed by atoms with E-state index in [4.69, 9.17) is 4.74 Å². The summed E-state index contributed by atoms with van der Waals surface area (Å²) in [7, 11) is 5.62. The first-order chi connectivity index (χ1) is 8.14. The Kier molecular flexibility index (Phi) is 6.86. The molecule has 0 spiro atoms. The maximum atomic E-state index is 11.5. The largest absolute Gasteiger partial charge is 0.550 e. The average molecular weight is 261 g/mol. The van der Waals surface area contributed by atoms with Crippen LogP contribution in [0.15, 0.2) is 0 Å². The minimum atomic E-state index is -1.25. The van der Waals surface area contributed by atoms with Gasteiger partial charge in [-0.3, -0.25) is 4.79 Å². The van der Waals surface area contributed by atoms with Crippen LogP contribution in [0.2, 0.25) is 0 Å². The summed E-state index contributed by atoms with van der Waals surface area (Å²) in [4.78, 5) is 22.1. The number of carboxylic acids is 1. The summed E-state index contributed by atoms with van der Waals surface area (Å²) in [6, 6.07) is 0. The third kappa shape index (κ3) is 8.95. The van der Waals surface area contributed by atoms with Crippen molar-refractivity contribution in [2.24, 2.45) is 0 Å². The van der Waals surface area contributed by atoms with E-state index in [-0.39, 0.29) is 12.8 Å². The van der Waals surface area contributed by atoms with Crippen LogP contribution in [0.1, 0.15) is 26.2 Å². The Balaban J connectivity index is 4.40. The number of carbonyl (C=O) groups excluding carboxylic acids is 2. The first-order valence-corrected chi connectivity index (χ1v) is 6.02. The van der Waals surface area contributed by atoms with Crippen LogP contribution in [-0.2, 0) is 14.3 Å². The predicted molar refractivity (Wildman–Crippen MR) is 63.3 cm³/mol. The van der Waals surface area contributed by atoms with Crippen molar-refractivity contribution in [1.82, 2.24) is 0 Å². The third-order valence-corrected chi connectivity index (χ3v) is 2.32. The van der Waals surface area contributed by atoms with Crippen LogP contribution in [0.25, 0.3) is 0 Å². The second kappa shape index (κ2) is 7.33. The van der Waals surface area contributed by atoms with Crippen molar-refractivity contribution in [2.45, 2.75) is 38.4 Å². The van der Waals surface area contributed by atoms with Crippen LogP contribution in [-0.4, -0.2) is 61.4 Å². The summed E-state index contributed by atoms with van der Waals surface area (Å²) in [5, 5.41) is 19.9. The van der Waals surface area contributed by atoms with Crippen molar-refractivity contribution in [2.75, 3.05) is 27.7 Å². The molecule has 0 rings (SSSR count). The number of likely N-dealkylation sites (N-methyl/N-ethyl adjacent to an activating group) is 1. The van der Waals surface area contributed by atoms with E-state index < -0.39 is 24.1 Å². The smallest absolute Gasteiger partial charge is 0.308 e. The molecule has 106 valence electrons. The summed E-state index contributed by atoms with van der Waals surface area (Å²) in [6.45, 7) is 2.13. The molecule has 2 unspecified atom stereocenters. The van der Waals surface area contributed by atoms with Crippen molar-refractivity contribution in [3.8, 4) is 0 Å². The number of aliphatic hydroxyl groups is 1. The molecule has 0 saturated heterocycles. The van der Waals surface area contributed by atoms with Gasteiger partial charge in [0.2, 0.25) is 0 Å². The number of aliphatic hydroxyl groups excluding tert-OH is 1. The Hall–Kier alpha value is -1.14. The second-order valence-corrected chi connectivity index (χ2v) is 5.43. The topological polar surface area (TPSA) is 86.7 Å². The fraction of sp³-hybridized carbons (Fsp3) is 0.833. The molecule has 0 radical (unpaired) electrons. The number of nitrogens with zero attached hydrogens (tertiary/aromatic N) is 1. The molecule has 1 N–H and O–H groups in total. The summed E-state index contributed by atoms with van der Waals surface area (Å²) < 4.78 is 5.55. The minimum absolute atomic E-state index is 0.114. The molecule has 0 amide bonds. The molecule has 0 fully saturated rings. The van der Waals surface area contributed by atoms with Crippen LogP contribution in [0.4, 0.5) is 0 Å². The van der Waals surface area contributed by atoms with E-state index in [0.717, 1.165) is 0 Å². The number of hydrogen-bond donors (Lipinski definition) is 1. The van der Waals surface area contributed by atoms with E-state index in [2.05, 4.69) is 0 Å². The number of hydrogen-bond acceptors (Lipinski definition) is 5. The molecule has 0 bridgehead atoms. The van der Waals surface area contributed by atoms with Crippen LogP contribution < -0.4 is 5.11 Å². The van der Waals surface area contributed by atoms with E-state index in [0.29, 0.717) is 17.4 Å². The highest BCUT2D eigenvalue weighted by Gasteiger charge is 2.23. The fourth-order valence-electron chi connectivity index (χ4n) is 1.51. The molecule has 0 aromatic rings. The van der Waals surface area contributed by atoms with Crippen LogP contribution in [0, 0.1) is 0 Å². The molecular formula is C12H23NO5. The van der Waals surface area contributed by atoms with Gasteiger partial charge in [0.25, 0.3) is 0 Å². The van der Waals surface area contributed by atoms with Gasteiger partial charge < -0.3 is 24.2 Å². The van der Waals surface area contributed by atoms with Gasteiger partial charge in [-0.1, -0.05) is 6.92 Å². The Morgan fingerprint density at radius 1 is 1.28 bits per heavy atom. The molecule has 0 aromatic heterocycles. The lowest BCUT2D eigenvalue weighted by Gasteiger charge is -2.29. The molecule has 0 aliphatic heterocycles. The van der Waals surface area contributed by atoms with E-state index in [9.17, 15) is 19.8 Å². The maximum Gasteiger partial charge on any atom is 0.308 e. The summed E-state index contributed by atoms with van der Waals surface area (Å²) in [5.41, 5.74) is 0. The lowest BCUT2D eigenvalue weighted by atomic mass is 10.2. The van der Waals surface area contributed by atoms with Gasteiger partial charge in [-0.15, -0.1) is 0 Å². The van der Waals surface area contributed by atoms with Gasteiger partial charge in [0.1, 0.15) is 6.54 Å². The molecule has 0 heterocycles. The lowest BCUT2D eigenvalue weighted by Crippen LogP contribution is -2.45. The molecule has 0 aliphatic carbocycles. The number of rotatable bonds is 8. The molecule has 6 nitrogen and oxygen atoms in total. The van der Waals surface area contributed by atoms with E-state index in [1.165, 1.54) is 0 Å². The molecule has 0 saturated carbocycles. The van der Waals surface area contributed by atoms with Crippen molar-refractivity contribution in [1.29, 1.82) is 0 Å². The number of carboxylic acid groups (broad SMARTS) is 1. The van der Waals surface area contributed by atoms with Crippen molar-refractivity contribution in [3.05, 3.63) is 0 Å². The monoisotopic (exact) mass is 261 g/mol. The number of carbonyl (C=O) groups is 2. The molecule has 2 atom stereocenters. The average Bonchev–Trinajstić information content (AvgIpc) is 2.12. The van der Waals surface area contributed by atoms with Crippen molar-refractivity contribution < 1.29 is 29.0 Å². The normalized spacial score (nSPS) is 14.9. The Labute approximate surface area is 108 Å². The molecule has 0 aromatic carbocycles. The minimum Gasteiger partial charge on any atom is -0.550 e. The number of quaternary nitrogens is 1. The first kappa shape index (κ1) is 16.9. The zero-order valence-corrected chi connectivity index (χ0v) is 11.5.